The predicted molar refractivity (Wildman–Crippen MR) is 87.2 cm³/mol. The first-order valence-corrected chi connectivity index (χ1v) is 8.40. The molecule has 4 nitrogen and oxygen atoms in total. The van der Waals surface area contributed by atoms with Gasteiger partial charge in [-0.1, -0.05) is 32.3 Å². The van der Waals surface area contributed by atoms with Crippen molar-refractivity contribution >= 4 is 5.97 Å². The second kappa shape index (κ2) is 8.29. The second-order valence-electron chi connectivity index (χ2n) is 6.14. The highest BCUT2D eigenvalue weighted by Crippen LogP contribution is 2.34. The molecule has 0 amide bonds. The van der Waals surface area contributed by atoms with Crippen molar-refractivity contribution < 1.29 is 19.0 Å². The Morgan fingerprint density at radius 2 is 2.26 bits per heavy atom. The smallest absolute Gasteiger partial charge is 0.320 e. The Balaban J connectivity index is 2.31. The number of likely N-dealkylation sites (tertiary alicyclic amines) is 1. The highest BCUT2D eigenvalue weighted by Gasteiger charge is 2.34. The zero-order valence-electron chi connectivity index (χ0n) is 13.9. The van der Waals surface area contributed by atoms with Crippen molar-refractivity contribution in [3.63, 3.8) is 0 Å². The number of nitrogens with zero attached hydrogens (tertiary/aromatic N) is 1. The summed E-state index contributed by atoms with van der Waals surface area (Å²) in [4.78, 5) is 13.7. The van der Waals surface area contributed by atoms with Crippen LogP contribution in [0.3, 0.4) is 0 Å². The monoisotopic (exact) mass is 323 g/mol. The number of carboxylic acid groups (broad SMARTS) is 1. The van der Waals surface area contributed by atoms with Crippen molar-refractivity contribution in [2.75, 3.05) is 13.7 Å². The van der Waals surface area contributed by atoms with Gasteiger partial charge in [0.1, 0.15) is 6.04 Å². The zero-order valence-corrected chi connectivity index (χ0v) is 13.9. The Bertz CT molecular complexity index is 535. The summed E-state index contributed by atoms with van der Waals surface area (Å²) in [6, 6.07) is 4.44. The van der Waals surface area contributed by atoms with Crippen molar-refractivity contribution in [2.24, 2.45) is 0 Å². The highest BCUT2D eigenvalue weighted by atomic mass is 19.1. The third-order valence-corrected chi connectivity index (χ3v) is 4.62. The molecule has 1 fully saturated rings. The predicted octanol–water partition coefficient (Wildman–Crippen LogP) is 4.00. The minimum Gasteiger partial charge on any atom is -0.494 e. The van der Waals surface area contributed by atoms with Gasteiger partial charge in [-0.2, -0.15) is 0 Å². The van der Waals surface area contributed by atoms with Crippen LogP contribution in [0.5, 0.6) is 5.75 Å². The fourth-order valence-corrected chi connectivity index (χ4v) is 3.40. The Labute approximate surface area is 137 Å². The molecule has 0 aliphatic carbocycles. The van der Waals surface area contributed by atoms with Gasteiger partial charge in [-0.15, -0.1) is 0 Å². The lowest BCUT2D eigenvalue weighted by Gasteiger charge is -2.39. The highest BCUT2D eigenvalue weighted by molar-refractivity contribution is 5.73. The number of unbranched alkanes of at least 4 members (excludes halogenated alkanes) is 1. The summed E-state index contributed by atoms with van der Waals surface area (Å²) in [5, 5.41) is 9.53. The Hall–Kier alpha value is -1.62. The SMILES string of the molecule is CCCCC(c1ccc(OC)c(F)c1)N1CCCCC1C(=O)O. The lowest BCUT2D eigenvalue weighted by molar-refractivity contribution is -0.146. The maximum Gasteiger partial charge on any atom is 0.320 e. The van der Waals surface area contributed by atoms with E-state index in [1.54, 1.807) is 6.07 Å². The van der Waals surface area contributed by atoms with Crippen LogP contribution in [0.15, 0.2) is 18.2 Å². The van der Waals surface area contributed by atoms with Gasteiger partial charge in [-0.05, 0) is 43.5 Å². The van der Waals surface area contributed by atoms with E-state index < -0.39 is 17.8 Å². The summed E-state index contributed by atoms with van der Waals surface area (Å²) in [5.41, 5.74) is 0.838. The van der Waals surface area contributed by atoms with Gasteiger partial charge in [0.2, 0.25) is 0 Å². The molecule has 0 spiro atoms. The topological polar surface area (TPSA) is 49.8 Å². The van der Waals surface area contributed by atoms with Gasteiger partial charge in [-0.25, -0.2) is 4.39 Å². The minimum absolute atomic E-state index is 0.0586. The lowest BCUT2D eigenvalue weighted by atomic mass is 9.93. The third kappa shape index (κ3) is 4.22. The largest absolute Gasteiger partial charge is 0.494 e. The lowest BCUT2D eigenvalue weighted by Crippen LogP contribution is -2.46. The summed E-state index contributed by atoms with van der Waals surface area (Å²) in [6.07, 6.45) is 5.44. The molecule has 1 aromatic rings. The first-order valence-electron chi connectivity index (χ1n) is 8.40. The molecule has 1 aromatic carbocycles. The van der Waals surface area contributed by atoms with Crippen LogP contribution in [0.2, 0.25) is 0 Å². The molecule has 0 aromatic heterocycles. The van der Waals surface area contributed by atoms with Gasteiger partial charge in [0.15, 0.2) is 11.6 Å². The van der Waals surface area contributed by atoms with E-state index in [1.807, 2.05) is 11.0 Å². The average molecular weight is 323 g/mol. The molecule has 1 aliphatic heterocycles. The number of methoxy groups -OCH3 is 1. The molecular formula is C18H26FNO3. The molecule has 2 rings (SSSR count). The first-order chi connectivity index (χ1) is 11.1. The van der Waals surface area contributed by atoms with Crippen LogP contribution in [-0.4, -0.2) is 35.7 Å². The molecule has 128 valence electrons. The van der Waals surface area contributed by atoms with Crippen molar-refractivity contribution in [1.82, 2.24) is 4.90 Å². The molecule has 0 saturated carbocycles. The van der Waals surface area contributed by atoms with Crippen molar-refractivity contribution in [1.29, 1.82) is 0 Å². The van der Waals surface area contributed by atoms with E-state index in [9.17, 15) is 14.3 Å². The van der Waals surface area contributed by atoms with E-state index in [2.05, 4.69) is 6.92 Å². The van der Waals surface area contributed by atoms with E-state index in [0.717, 1.165) is 44.2 Å². The molecule has 2 atom stereocenters. The average Bonchev–Trinajstić information content (AvgIpc) is 2.55. The Morgan fingerprint density at radius 1 is 1.48 bits per heavy atom. The number of carboxylic acids is 1. The molecule has 1 N–H and O–H groups in total. The number of carbonyl (C=O) groups is 1. The normalized spacial score (nSPS) is 20.2. The maximum absolute atomic E-state index is 14.1. The molecule has 23 heavy (non-hydrogen) atoms. The number of hydrogen-bond acceptors (Lipinski definition) is 3. The first kappa shape index (κ1) is 17.7. The summed E-state index contributed by atoms with van der Waals surface area (Å²) < 4.78 is 19.1. The van der Waals surface area contributed by atoms with Crippen LogP contribution in [0.4, 0.5) is 4.39 Å². The van der Waals surface area contributed by atoms with E-state index in [0.29, 0.717) is 6.42 Å². The van der Waals surface area contributed by atoms with Crippen molar-refractivity contribution in [3.05, 3.63) is 29.6 Å². The minimum atomic E-state index is -0.778. The molecule has 5 heteroatoms. The Morgan fingerprint density at radius 3 is 2.87 bits per heavy atom. The van der Waals surface area contributed by atoms with Gasteiger partial charge in [-0.3, -0.25) is 9.69 Å². The molecule has 1 heterocycles. The number of rotatable bonds is 7. The fourth-order valence-electron chi connectivity index (χ4n) is 3.40. The van der Waals surface area contributed by atoms with E-state index >= 15 is 0 Å². The summed E-state index contributed by atoms with van der Waals surface area (Å²) in [5.74, 6) is -0.952. The zero-order chi connectivity index (χ0) is 16.8. The number of ether oxygens (including phenoxy) is 1. The van der Waals surface area contributed by atoms with Crippen LogP contribution in [-0.2, 0) is 4.79 Å². The number of halogens is 1. The summed E-state index contributed by atoms with van der Waals surface area (Å²) in [6.45, 7) is 2.86. The van der Waals surface area contributed by atoms with Crippen LogP contribution in [0.25, 0.3) is 0 Å². The molecular weight excluding hydrogens is 297 g/mol. The summed E-state index contributed by atoms with van der Waals surface area (Å²) >= 11 is 0. The van der Waals surface area contributed by atoms with Gasteiger partial charge in [0.25, 0.3) is 0 Å². The van der Waals surface area contributed by atoms with Crippen molar-refractivity contribution in [2.45, 2.75) is 57.5 Å². The third-order valence-electron chi connectivity index (χ3n) is 4.62. The number of benzene rings is 1. The molecule has 1 aliphatic rings. The van der Waals surface area contributed by atoms with Gasteiger partial charge in [0, 0.05) is 6.04 Å². The fraction of sp³-hybridized carbons (Fsp3) is 0.611. The maximum atomic E-state index is 14.1. The molecule has 2 unspecified atom stereocenters. The number of aliphatic carboxylic acids is 1. The van der Waals surface area contributed by atoms with Crippen molar-refractivity contribution in [3.8, 4) is 5.75 Å². The standard InChI is InChI=1S/C18H26FNO3/c1-3-4-7-15(13-9-10-17(23-2)14(19)12-13)20-11-6-5-8-16(20)18(21)22/h9-10,12,15-16H,3-8,11H2,1-2H3,(H,21,22). The molecule has 1 saturated heterocycles. The van der Waals surface area contributed by atoms with Gasteiger partial charge in [0.05, 0.1) is 7.11 Å². The summed E-state index contributed by atoms with van der Waals surface area (Å²) in [7, 11) is 1.44. The van der Waals surface area contributed by atoms with Crippen LogP contribution < -0.4 is 4.74 Å². The van der Waals surface area contributed by atoms with Crippen LogP contribution in [0, 0.1) is 5.82 Å². The van der Waals surface area contributed by atoms with E-state index in [4.69, 9.17) is 4.74 Å². The van der Waals surface area contributed by atoms with Gasteiger partial charge >= 0.3 is 5.97 Å². The Kier molecular flexibility index (Phi) is 6.39. The quantitative estimate of drug-likeness (QED) is 0.824. The van der Waals surface area contributed by atoms with E-state index in [1.165, 1.54) is 13.2 Å². The van der Waals surface area contributed by atoms with Crippen LogP contribution >= 0.6 is 0 Å². The van der Waals surface area contributed by atoms with E-state index in [-0.39, 0.29) is 11.8 Å². The number of piperidine rings is 1. The molecule has 0 bridgehead atoms. The van der Waals surface area contributed by atoms with Gasteiger partial charge < -0.3 is 9.84 Å². The number of hydrogen-bond donors (Lipinski definition) is 1. The van der Waals surface area contributed by atoms with Crippen LogP contribution in [0.1, 0.15) is 57.1 Å². The molecule has 0 radical (unpaired) electrons. The second-order valence-corrected chi connectivity index (χ2v) is 6.14.